The number of carbonyl (C=O) groups is 2. The zero-order valence-electron chi connectivity index (χ0n) is 14.0. The van der Waals surface area contributed by atoms with Gasteiger partial charge in [0.25, 0.3) is 0 Å². The van der Waals surface area contributed by atoms with Crippen molar-refractivity contribution in [3.05, 3.63) is 27.6 Å². The molecule has 0 spiro atoms. The molecule has 7 nitrogen and oxygen atoms in total. The number of hydrogen-bond donors (Lipinski definition) is 1. The minimum atomic E-state index is -0.416. The molecule has 1 N–H and O–H groups in total. The van der Waals surface area contributed by atoms with Crippen LogP contribution in [0.15, 0.2) is 4.52 Å². The van der Waals surface area contributed by atoms with E-state index in [1.54, 1.807) is 13.8 Å². The van der Waals surface area contributed by atoms with Crippen LogP contribution in [0.5, 0.6) is 0 Å². The lowest BCUT2D eigenvalue weighted by Crippen LogP contribution is -2.14. The molecule has 130 valence electrons. The number of aromatic nitrogens is 2. The van der Waals surface area contributed by atoms with Gasteiger partial charge in [0.15, 0.2) is 5.13 Å². The Bertz CT molecular complexity index is 720. The summed E-state index contributed by atoms with van der Waals surface area (Å²) in [6, 6.07) is 0. The fourth-order valence-corrected chi connectivity index (χ4v) is 3.80. The summed E-state index contributed by atoms with van der Waals surface area (Å²) in [5.74, 6) is 1.11. The summed E-state index contributed by atoms with van der Waals surface area (Å²) in [4.78, 5) is 28.4. The molecule has 0 atom stereocenters. The molecular weight excluding hydrogens is 350 g/mol. The smallest absolute Gasteiger partial charge is 0.350 e. The van der Waals surface area contributed by atoms with Gasteiger partial charge in [-0.1, -0.05) is 16.5 Å². The summed E-state index contributed by atoms with van der Waals surface area (Å²) in [6.07, 6.45) is 0. The minimum Gasteiger partial charge on any atom is -0.462 e. The van der Waals surface area contributed by atoms with Crippen LogP contribution in [0.1, 0.15) is 39.3 Å². The number of esters is 1. The summed E-state index contributed by atoms with van der Waals surface area (Å²) in [7, 11) is 0. The van der Waals surface area contributed by atoms with Crippen molar-refractivity contribution in [2.45, 2.75) is 33.4 Å². The van der Waals surface area contributed by atoms with Crippen molar-refractivity contribution in [3.63, 3.8) is 0 Å². The molecular formula is C15H19N3O4S2. The molecule has 0 saturated heterocycles. The van der Waals surface area contributed by atoms with Crippen molar-refractivity contribution >= 4 is 40.1 Å². The van der Waals surface area contributed by atoms with Gasteiger partial charge in [-0.3, -0.25) is 4.79 Å². The molecule has 24 heavy (non-hydrogen) atoms. The molecule has 0 radical (unpaired) electrons. The Labute approximate surface area is 148 Å². The fourth-order valence-electron chi connectivity index (χ4n) is 1.95. The molecule has 0 bridgehead atoms. The van der Waals surface area contributed by atoms with E-state index >= 15 is 0 Å². The number of thioether (sulfide) groups is 1. The third kappa shape index (κ3) is 4.57. The van der Waals surface area contributed by atoms with Crippen LogP contribution in [0.3, 0.4) is 0 Å². The van der Waals surface area contributed by atoms with Crippen LogP contribution in [-0.2, 0) is 15.3 Å². The van der Waals surface area contributed by atoms with Crippen LogP contribution in [0, 0.1) is 20.8 Å². The first-order valence-electron chi connectivity index (χ1n) is 7.36. The topological polar surface area (TPSA) is 94.3 Å². The van der Waals surface area contributed by atoms with Gasteiger partial charge < -0.3 is 14.6 Å². The number of rotatable bonds is 7. The second-order valence-corrected chi connectivity index (χ2v) is 6.98. The summed E-state index contributed by atoms with van der Waals surface area (Å²) >= 11 is 2.59. The Balaban J connectivity index is 1.86. The zero-order valence-corrected chi connectivity index (χ0v) is 15.6. The van der Waals surface area contributed by atoms with E-state index in [1.807, 2.05) is 13.8 Å². The van der Waals surface area contributed by atoms with Crippen molar-refractivity contribution < 1.29 is 18.8 Å². The van der Waals surface area contributed by atoms with Crippen LogP contribution < -0.4 is 5.32 Å². The van der Waals surface area contributed by atoms with Crippen LogP contribution >= 0.6 is 23.1 Å². The second-order valence-electron chi connectivity index (χ2n) is 5.00. The lowest BCUT2D eigenvalue weighted by atomic mass is 10.2. The maximum atomic E-state index is 12.0. The molecule has 2 heterocycles. The molecule has 0 saturated carbocycles. The van der Waals surface area contributed by atoms with E-state index in [1.165, 1.54) is 11.8 Å². The number of ether oxygens (including phenoxy) is 1. The predicted octanol–water partition coefficient (Wildman–Crippen LogP) is 3.10. The van der Waals surface area contributed by atoms with Gasteiger partial charge in [0, 0.05) is 11.3 Å². The number of thiazole rings is 1. The Kier molecular flexibility index (Phi) is 6.38. The first kappa shape index (κ1) is 18.5. The minimum absolute atomic E-state index is 0.170. The lowest BCUT2D eigenvalue weighted by molar-refractivity contribution is -0.113. The van der Waals surface area contributed by atoms with Gasteiger partial charge in [0.05, 0.1) is 23.7 Å². The van der Waals surface area contributed by atoms with E-state index < -0.39 is 5.97 Å². The first-order chi connectivity index (χ1) is 11.4. The largest absolute Gasteiger partial charge is 0.462 e. The molecule has 2 aromatic rings. The van der Waals surface area contributed by atoms with Gasteiger partial charge in [-0.25, -0.2) is 9.78 Å². The summed E-state index contributed by atoms with van der Waals surface area (Å²) in [5, 5.41) is 7.00. The monoisotopic (exact) mass is 369 g/mol. The fraction of sp³-hybridized carbons (Fsp3) is 0.467. The number of aryl methyl sites for hydroxylation is 3. The zero-order chi connectivity index (χ0) is 17.7. The Morgan fingerprint density at radius 1 is 1.29 bits per heavy atom. The van der Waals surface area contributed by atoms with E-state index in [9.17, 15) is 9.59 Å². The van der Waals surface area contributed by atoms with E-state index in [2.05, 4.69) is 15.5 Å². The van der Waals surface area contributed by atoms with E-state index in [4.69, 9.17) is 9.26 Å². The molecule has 0 unspecified atom stereocenters. The Morgan fingerprint density at radius 2 is 2.04 bits per heavy atom. The number of carbonyl (C=O) groups excluding carboxylic acids is 2. The summed E-state index contributed by atoms with van der Waals surface area (Å²) in [5.41, 5.74) is 2.41. The second kappa shape index (κ2) is 8.29. The average molecular weight is 369 g/mol. The van der Waals surface area contributed by atoms with Crippen LogP contribution in [0.4, 0.5) is 5.13 Å². The van der Waals surface area contributed by atoms with Crippen molar-refractivity contribution in [1.29, 1.82) is 0 Å². The number of nitrogens with zero attached hydrogens (tertiary/aromatic N) is 2. The molecule has 0 fully saturated rings. The molecule has 0 aromatic carbocycles. The quantitative estimate of drug-likeness (QED) is 0.749. The Morgan fingerprint density at radius 3 is 2.67 bits per heavy atom. The van der Waals surface area contributed by atoms with Crippen molar-refractivity contribution in [2.24, 2.45) is 0 Å². The molecule has 9 heteroatoms. The standard InChI is InChI=1S/C15H19N3O4S2/c1-5-21-14(20)13-9(3)16-15(24-13)17-12(19)7-23-6-11-8(2)18-22-10(11)4/h5-7H2,1-4H3,(H,16,17,19). The highest BCUT2D eigenvalue weighted by atomic mass is 32.2. The highest BCUT2D eigenvalue weighted by Crippen LogP contribution is 2.24. The highest BCUT2D eigenvalue weighted by Gasteiger charge is 2.17. The van der Waals surface area contributed by atoms with Crippen molar-refractivity contribution in [1.82, 2.24) is 10.1 Å². The third-order valence-corrected chi connectivity index (χ3v) is 5.18. The van der Waals surface area contributed by atoms with Gasteiger partial charge in [-0.2, -0.15) is 0 Å². The van der Waals surface area contributed by atoms with Gasteiger partial charge in [-0.15, -0.1) is 11.8 Å². The van der Waals surface area contributed by atoms with E-state index in [-0.39, 0.29) is 11.7 Å². The lowest BCUT2D eigenvalue weighted by Gasteiger charge is -2.02. The van der Waals surface area contributed by atoms with Gasteiger partial charge in [0.1, 0.15) is 10.6 Å². The molecule has 0 aliphatic rings. The first-order valence-corrected chi connectivity index (χ1v) is 9.33. The number of hydrogen-bond acceptors (Lipinski definition) is 8. The van der Waals surface area contributed by atoms with Crippen LogP contribution in [0.25, 0.3) is 0 Å². The maximum Gasteiger partial charge on any atom is 0.350 e. The maximum absolute atomic E-state index is 12.0. The van der Waals surface area contributed by atoms with Gasteiger partial charge in [-0.05, 0) is 27.7 Å². The average Bonchev–Trinajstić information content (AvgIpc) is 3.04. The SMILES string of the molecule is CCOC(=O)c1sc(NC(=O)CSCc2c(C)noc2C)nc1C. The Hall–Kier alpha value is -1.87. The van der Waals surface area contributed by atoms with Crippen LogP contribution in [0.2, 0.25) is 0 Å². The van der Waals surface area contributed by atoms with Crippen molar-refractivity contribution in [3.8, 4) is 0 Å². The molecule has 2 aromatic heterocycles. The van der Waals surface area contributed by atoms with E-state index in [0.717, 1.165) is 28.4 Å². The van der Waals surface area contributed by atoms with E-state index in [0.29, 0.717) is 28.1 Å². The summed E-state index contributed by atoms with van der Waals surface area (Å²) in [6.45, 7) is 7.49. The number of nitrogens with one attached hydrogen (secondary N) is 1. The van der Waals surface area contributed by atoms with Gasteiger partial charge in [0.2, 0.25) is 5.91 Å². The molecule has 0 aliphatic heterocycles. The normalized spacial score (nSPS) is 10.7. The molecule has 0 aliphatic carbocycles. The number of anilines is 1. The highest BCUT2D eigenvalue weighted by molar-refractivity contribution is 7.99. The summed E-state index contributed by atoms with van der Waals surface area (Å²) < 4.78 is 10.0. The van der Waals surface area contributed by atoms with Gasteiger partial charge >= 0.3 is 5.97 Å². The number of amides is 1. The third-order valence-electron chi connectivity index (χ3n) is 3.16. The molecule has 1 amide bonds. The predicted molar refractivity (Wildman–Crippen MR) is 93.6 cm³/mol. The van der Waals surface area contributed by atoms with Crippen molar-refractivity contribution in [2.75, 3.05) is 17.7 Å². The van der Waals surface area contributed by atoms with Crippen LogP contribution in [-0.4, -0.2) is 34.4 Å². The molecule has 2 rings (SSSR count).